The summed E-state index contributed by atoms with van der Waals surface area (Å²) in [7, 11) is 0. The first-order valence-electron chi connectivity index (χ1n) is 6.08. The highest BCUT2D eigenvalue weighted by atomic mass is 79.9. The van der Waals surface area contributed by atoms with Crippen molar-refractivity contribution in [1.29, 1.82) is 0 Å². The number of nitrogens with zero attached hydrogens (tertiary/aromatic N) is 2. The van der Waals surface area contributed by atoms with E-state index in [1.54, 1.807) is 18.2 Å². The van der Waals surface area contributed by atoms with E-state index in [1.807, 2.05) is 0 Å². The van der Waals surface area contributed by atoms with Crippen LogP contribution in [0.5, 0.6) is 0 Å². The Morgan fingerprint density at radius 2 is 2.26 bits per heavy atom. The van der Waals surface area contributed by atoms with E-state index in [9.17, 15) is 4.79 Å². The fraction of sp³-hybridized carbons (Fsp3) is 0.308. The summed E-state index contributed by atoms with van der Waals surface area (Å²) in [6.07, 6.45) is 6.09. The Hall–Kier alpha value is -1.69. The van der Waals surface area contributed by atoms with Crippen molar-refractivity contribution in [3.8, 4) is 0 Å². The summed E-state index contributed by atoms with van der Waals surface area (Å²) in [5.74, 6) is 1.61. The molecule has 1 amide bonds. The number of carbonyl (C=O) groups excluding carboxylic acids is 1. The molecule has 1 N–H and O–H groups in total. The number of furan rings is 1. The highest BCUT2D eigenvalue weighted by Crippen LogP contribution is 2.33. The molecule has 6 heteroatoms. The molecule has 0 saturated heterocycles. The topological polar surface area (TPSA) is 67.0 Å². The standard InChI is InChI=1S/C13H12BrN3O2/c14-11-5-3-9(19-11)4-6-13(18)15-12-7-10(16-17-12)8-1-2-8/h3-6,8H,1-2,7H2,(H,15,17,18)/b6-4+. The molecule has 1 aliphatic carbocycles. The number of amidine groups is 1. The minimum absolute atomic E-state index is 0.224. The van der Waals surface area contributed by atoms with Gasteiger partial charge in [0.05, 0.1) is 5.71 Å². The molecule has 1 aromatic heterocycles. The number of nitrogens with one attached hydrogen (secondary N) is 1. The first kappa shape index (κ1) is 12.3. The summed E-state index contributed by atoms with van der Waals surface area (Å²) >= 11 is 3.20. The average Bonchev–Trinajstić information content (AvgIpc) is 3.00. The second-order valence-corrected chi connectivity index (χ2v) is 5.34. The molecule has 1 aromatic rings. The molecule has 19 heavy (non-hydrogen) atoms. The van der Waals surface area contributed by atoms with Crippen LogP contribution in [0.15, 0.2) is 37.5 Å². The van der Waals surface area contributed by atoms with Crippen molar-refractivity contribution < 1.29 is 9.21 Å². The van der Waals surface area contributed by atoms with Crippen LogP contribution >= 0.6 is 15.9 Å². The quantitative estimate of drug-likeness (QED) is 0.870. The van der Waals surface area contributed by atoms with Crippen molar-refractivity contribution >= 4 is 39.5 Å². The van der Waals surface area contributed by atoms with Crippen LogP contribution < -0.4 is 5.32 Å². The molecule has 0 unspecified atom stereocenters. The van der Waals surface area contributed by atoms with E-state index in [1.165, 1.54) is 18.9 Å². The van der Waals surface area contributed by atoms with Crippen LogP contribution in [0.25, 0.3) is 6.08 Å². The van der Waals surface area contributed by atoms with Crippen LogP contribution in [0, 0.1) is 5.92 Å². The van der Waals surface area contributed by atoms with E-state index in [0.29, 0.717) is 28.6 Å². The van der Waals surface area contributed by atoms with E-state index in [-0.39, 0.29) is 5.91 Å². The van der Waals surface area contributed by atoms with Gasteiger partial charge in [0.1, 0.15) is 11.6 Å². The van der Waals surface area contributed by atoms with Crippen molar-refractivity contribution in [2.24, 2.45) is 16.1 Å². The molecule has 1 fully saturated rings. The van der Waals surface area contributed by atoms with Crippen LogP contribution in [0.3, 0.4) is 0 Å². The van der Waals surface area contributed by atoms with Gasteiger partial charge in [-0.25, -0.2) is 0 Å². The molecule has 3 rings (SSSR count). The molecule has 0 aromatic carbocycles. The third-order valence-electron chi connectivity index (χ3n) is 2.96. The van der Waals surface area contributed by atoms with Crippen molar-refractivity contribution in [2.45, 2.75) is 19.3 Å². The predicted molar refractivity (Wildman–Crippen MR) is 75.8 cm³/mol. The van der Waals surface area contributed by atoms with Gasteiger partial charge in [0.25, 0.3) is 0 Å². The lowest BCUT2D eigenvalue weighted by molar-refractivity contribution is -0.115. The average molecular weight is 322 g/mol. The molecular formula is C13H12BrN3O2. The smallest absolute Gasteiger partial charge is 0.249 e. The zero-order chi connectivity index (χ0) is 13.2. The van der Waals surface area contributed by atoms with Crippen LogP contribution in [0.2, 0.25) is 0 Å². The third kappa shape index (κ3) is 3.20. The number of hydrogen-bond donors (Lipinski definition) is 1. The van der Waals surface area contributed by atoms with E-state index < -0.39 is 0 Å². The number of rotatable bonds is 3. The molecule has 0 radical (unpaired) electrons. The predicted octanol–water partition coefficient (Wildman–Crippen LogP) is 2.74. The number of carbonyl (C=O) groups is 1. The van der Waals surface area contributed by atoms with E-state index >= 15 is 0 Å². The molecular weight excluding hydrogens is 310 g/mol. The zero-order valence-corrected chi connectivity index (χ0v) is 11.7. The second-order valence-electron chi connectivity index (χ2n) is 4.55. The maximum Gasteiger partial charge on any atom is 0.249 e. The molecule has 1 aliphatic heterocycles. The molecule has 0 bridgehead atoms. The fourth-order valence-electron chi connectivity index (χ4n) is 1.84. The lowest BCUT2D eigenvalue weighted by Crippen LogP contribution is -2.28. The summed E-state index contributed by atoms with van der Waals surface area (Å²) in [4.78, 5) is 11.7. The van der Waals surface area contributed by atoms with E-state index in [2.05, 4.69) is 31.4 Å². The summed E-state index contributed by atoms with van der Waals surface area (Å²) in [5.41, 5.74) is 1.09. The maximum atomic E-state index is 11.7. The Morgan fingerprint density at radius 3 is 2.95 bits per heavy atom. The van der Waals surface area contributed by atoms with E-state index in [0.717, 1.165) is 5.71 Å². The van der Waals surface area contributed by atoms with Gasteiger partial charge in [0, 0.05) is 12.5 Å². The molecule has 2 aliphatic rings. The minimum Gasteiger partial charge on any atom is -0.450 e. The summed E-state index contributed by atoms with van der Waals surface area (Å²) in [6.45, 7) is 0. The van der Waals surface area contributed by atoms with Crippen LogP contribution in [-0.4, -0.2) is 17.5 Å². The van der Waals surface area contributed by atoms with Gasteiger partial charge in [0.2, 0.25) is 5.91 Å². The Bertz CT molecular complexity index is 597. The number of halogens is 1. The normalized spacial score (nSPS) is 18.6. The lowest BCUT2D eigenvalue weighted by atomic mass is 10.2. The Morgan fingerprint density at radius 1 is 1.42 bits per heavy atom. The molecule has 1 saturated carbocycles. The van der Waals surface area contributed by atoms with Crippen LogP contribution in [-0.2, 0) is 4.79 Å². The molecule has 0 atom stereocenters. The molecule has 98 valence electrons. The first-order chi connectivity index (χ1) is 9.20. The SMILES string of the molecule is O=C(/C=C/c1ccc(Br)o1)NC1=NN=C(C2CC2)C1. The molecule has 2 heterocycles. The zero-order valence-electron chi connectivity index (χ0n) is 10.1. The summed E-state index contributed by atoms with van der Waals surface area (Å²) in [5, 5.41) is 10.8. The largest absolute Gasteiger partial charge is 0.450 e. The van der Waals surface area contributed by atoms with Gasteiger partial charge in [-0.3, -0.25) is 4.79 Å². The van der Waals surface area contributed by atoms with Gasteiger partial charge in [-0.1, -0.05) is 0 Å². The van der Waals surface area contributed by atoms with Gasteiger partial charge in [0.15, 0.2) is 4.67 Å². The van der Waals surface area contributed by atoms with Crippen molar-refractivity contribution in [3.05, 3.63) is 28.6 Å². The first-order valence-corrected chi connectivity index (χ1v) is 6.88. The number of hydrogen-bond acceptors (Lipinski definition) is 4. The maximum absolute atomic E-state index is 11.7. The van der Waals surface area contributed by atoms with Crippen LogP contribution in [0.1, 0.15) is 25.0 Å². The Labute approximate surface area is 118 Å². The second kappa shape index (κ2) is 5.13. The monoisotopic (exact) mass is 321 g/mol. The van der Waals surface area contributed by atoms with Gasteiger partial charge < -0.3 is 9.73 Å². The van der Waals surface area contributed by atoms with Gasteiger partial charge in [-0.2, -0.15) is 5.10 Å². The van der Waals surface area contributed by atoms with E-state index in [4.69, 9.17) is 4.42 Å². The minimum atomic E-state index is -0.224. The fourth-order valence-corrected chi connectivity index (χ4v) is 2.16. The summed E-state index contributed by atoms with van der Waals surface area (Å²) < 4.78 is 5.89. The van der Waals surface area contributed by atoms with Crippen molar-refractivity contribution in [2.75, 3.05) is 0 Å². The van der Waals surface area contributed by atoms with Gasteiger partial charge in [-0.15, -0.1) is 5.10 Å². The Balaban J connectivity index is 1.51. The van der Waals surface area contributed by atoms with Gasteiger partial charge in [-0.05, 0) is 52.9 Å². The van der Waals surface area contributed by atoms with Crippen molar-refractivity contribution in [1.82, 2.24) is 5.32 Å². The van der Waals surface area contributed by atoms with Gasteiger partial charge >= 0.3 is 0 Å². The van der Waals surface area contributed by atoms with Crippen LogP contribution in [0.4, 0.5) is 0 Å². The Kier molecular flexibility index (Phi) is 3.33. The highest BCUT2D eigenvalue weighted by Gasteiger charge is 2.30. The third-order valence-corrected chi connectivity index (χ3v) is 3.38. The molecule has 5 nitrogen and oxygen atoms in total. The van der Waals surface area contributed by atoms with Crippen molar-refractivity contribution in [3.63, 3.8) is 0 Å². The molecule has 0 spiro atoms. The highest BCUT2D eigenvalue weighted by molar-refractivity contribution is 9.10. The lowest BCUT2D eigenvalue weighted by Gasteiger charge is -2.00. The number of amides is 1. The summed E-state index contributed by atoms with van der Waals surface area (Å²) in [6, 6.07) is 3.55.